The highest BCUT2D eigenvalue weighted by atomic mass is 79.9. The molecule has 0 unspecified atom stereocenters. The fourth-order valence-corrected chi connectivity index (χ4v) is 2.34. The van der Waals surface area contributed by atoms with Crippen molar-refractivity contribution in [2.45, 2.75) is 26.6 Å². The molecular weight excluding hydrogens is 264 g/mol. The van der Waals surface area contributed by atoms with E-state index in [2.05, 4.69) is 15.9 Å². The van der Waals surface area contributed by atoms with Crippen LogP contribution in [0.5, 0.6) is 0 Å². The van der Waals surface area contributed by atoms with Gasteiger partial charge in [-0.05, 0) is 41.2 Å². The van der Waals surface area contributed by atoms with E-state index in [1.54, 1.807) is 11.3 Å². The maximum atomic E-state index is 5.46. The summed E-state index contributed by atoms with van der Waals surface area (Å²) in [4.78, 5) is 1.23. The minimum Gasteiger partial charge on any atom is -0.376 e. The van der Waals surface area contributed by atoms with Gasteiger partial charge in [0, 0.05) is 9.35 Å². The van der Waals surface area contributed by atoms with E-state index in [1.165, 1.54) is 4.88 Å². The zero-order chi connectivity index (χ0) is 10.4. The molecule has 0 radical (unpaired) electrons. The lowest BCUT2D eigenvalue weighted by Crippen LogP contribution is -2.09. The second-order valence-electron chi connectivity index (χ2n) is 3.16. The number of halogens is 1. The molecule has 0 saturated heterocycles. The fourth-order valence-electron chi connectivity index (χ4n) is 0.936. The molecule has 1 rings (SSSR count). The van der Waals surface area contributed by atoms with Crippen LogP contribution in [0.25, 0.3) is 0 Å². The van der Waals surface area contributed by atoms with Crippen LogP contribution in [0.15, 0.2) is 15.9 Å². The maximum Gasteiger partial charge on any atom is 0.0821 e. The van der Waals surface area contributed by atoms with Crippen LogP contribution < -0.4 is 0 Å². The Morgan fingerprint density at radius 1 is 1.43 bits per heavy atom. The average Bonchev–Trinajstić information content (AvgIpc) is 2.51. The molecule has 1 heterocycles. The maximum absolute atomic E-state index is 5.46. The number of hydrogen-bond donors (Lipinski definition) is 0. The molecule has 0 amide bonds. The van der Waals surface area contributed by atoms with E-state index in [9.17, 15) is 0 Å². The Bertz CT molecular complexity index is 260. The number of hydrogen-bond acceptors (Lipinski definition) is 3. The van der Waals surface area contributed by atoms with E-state index >= 15 is 0 Å². The minimum absolute atomic E-state index is 0.284. The van der Waals surface area contributed by atoms with Crippen LogP contribution in [0, 0.1) is 0 Å². The molecule has 0 atom stereocenters. The van der Waals surface area contributed by atoms with E-state index in [1.807, 2.05) is 25.3 Å². The molecule has 0 aliphatic heterocycles. The predicted octanol–water partition coefficient (Wildman–Crippen LogP) is 3.45. The molecular formula is C10H15BrO2S. The fraction of sp³-hybridized carbons (Fsp3) is 0.600. The topological polar surface area (TPSA) is 18.5 Å². The highest BCUT2D eigenvalue weighted by Gasteiger charge is 2.00. The van der Waals surface area contributed by atoms with Crippen LogP contribution in [-0.2, 0) is 16.1 Å². The third-order valence-corrected chi connectivity index (χ3v) is 3.50. The molecule has 0 aliphatic carbocycles. The SMILES string of the molecule is CC(C)OCCOCc1sccc1Br. The van der Waals surface area contributed by atoms with Gasteiger partial charge in [-0.1, -0.05) is 0 Å². The van der Waals surface area contributed by atoms with Crippen molar-refractivity contribution in [2.24, 2.45) is 0 Å². The zero-order valence-electron chi connectivity index (χ0n) is 8.46. The van der Waals surface area contributed by atoms with Gasteiger partial charge < -0.3 is 9.47 Å². The Balaban J connectivity index is 2.08. The monoisotopic (exact) mass is 278 g/mol. The van der Waals surface area contributed by atoms with Gasteiger partial charge in [-0.15, -0.1) is 11.3 Å². The standard InChI is InChI=1S/C10H15BrO2S/c1-8(2)13-5-4-12-7-10-9(11)3-6-14-10/h3,6,8H,4-5,7H2,1-2H3. The lowest BCUT2D eigenvalue weighted by atomic mass is 10.5. The van der Waals surface area contributed by atoms with Gasteiger partial charge in [-0.25, -0.2) is 0 Å². The Morgan fingerprint density at radius 2 is 2.21 bits per heavy atom. The Kier molecular flexibility index (Phi) is 5.70. The molecule has 0 aromatic carbocycles. The molecule has 1 aromatic heterocycles. The third-order valence-electron chi connectivity index (χ3n) is 1.60. The first-order valence-corrected chi connectivity index (χ1v) is 6.28. The summed E-state index contributed by atoms with van der Waals surface area (Å²) < 4.78 is 12.0. The van der Waals surface area contributed by atoms with Gasteiger partial charge in [0.15, 0.2) is 0 Å². The second-order valence-corrected chi connectivity index (χ2v) is 5.02. The van der Waals surface area contributed by atoms with Gasteiger partial charge in [0.05, 0.1) is 25.9 Å². The lowest BCUT2D eigenvalue weighted by molar-refractivity contribution is 0.0148. The molecule has 80 valence electrons. The summed E-state index contributed by atoms with van der Waals surface area (Å²) in [6, 6.07) is 2.04. The summed E-state index contributed by atoms with van der Waals surface area (Å²) in [5.41, 5.74) is 0. The Hall–Kier alpha value is 0.100. The first-order chi connectivity index (χ1) is 6.70. The Morgan fingerprint density at radius 3 is 2.79 bits per heavy atom. The quantitative estimate of drug-likeness (QED) is 0.742. The highest BCUT2D eigenvalue weighted by molar-refractivity contribution is 9.10. The van der Waals surface area contributed by atoms with E-state index in [0.717, 1.165) is 4.47 Å². The summed E-state index contributed by atoms with van der Waals surface area (Å²) in [7, 11) is 0. The average molecular weight is 279 g/mol. The van der Waals surface area contributed by atoms with E-state index in [0.29, 0.717) is 19.8 Å². The van der Waals surface area contributed by atoms with Crippen LogP contribution in [0.1, 0.15) is 18.7 Å². The highest BCUT2D eigenvalue weighted by Crippen LogP contribution is 2.23. The summed E-state index contributed by atoms with van der Waals surface area (Å²) >= 11 is 5.16. The molecule has 4 heteroatoms. The van der Waals surface area contributed by atoms with Crippen molar-refractivity contribution >= 4 is 27.3 Å². The molecule has 0 fully saturated rings. The van der Waals surface area contributed by atoms with Gasteiger partial charge in [0.25, 0.3) is 0 Å². The Labute approximate surface area is 97.4 Å². The summed E-state index contributed by atoms with van der Waals surface area (Å²) in [6.07, 6.45) is 0.284. The zero-order valence-corrected chi connectivity index (χ0v) is 10.9. The van der Waals surface area contributed by atoms with Crippen molar-refractivity contribution < 1.29 is 9.47 Å². The van der Waals surface area contributed by atoms with Crippen molar-refractivity contribution in [1.82, 2.24) is 0 Å². The van der Waals surface area contributed by atoms with E-state index in [4.69, 9.17) is 9.47 Å². The first-order valence-electron chi connectivity index (χ1n) is 4.61. The van der Waals surface area contributed by atoms with Gasteiger partial charge in [0.1, 0.15) is 0 Å². The normalized spacial score (nSPS) is 11.1. The molecule has 2 nitrogen and oxygen atoms in total. The molecule has 0 bridgehead atoms. The van der Waals surface area contributed by atoms with Crippen molar-refractivity contribution in [3.63, 3.8) is 0 Å². The number of thiophene rings is 1. The summed E-state index contributed by atoms with van der Waals surface area (Å²) in [5.74, 6) is 0. The number of ether oxygens (including phenoxy) is 2. The smallest absolute Gasteiger partial charge is 0.0821 e. The summed E-state index contributed by atoms with van der Waals surface area (Å²) in [5, 5.41) is 2.05. The third kappa shape index (κ3) is 4.55. The molecule has 0 saturated carbocycles. The van der Waals surface area contributed by atoms with Crippen LogP contribution >= 0.6 is 27.3 Å². The second kappa shape index (κ2) is 6.56. The van der Waals surface area contributed by atoms with E-state index < -0.39 is 0 Å². The first kappa shape index (κ1) is 12.2. The molecule has 14 heavy (non-hydrogen) atoms. The molecule has 0 spiro atoms. The van der Waals surface area contributed by atoms with Crippen molar-refractivity contribution in [2.75, 3.05) is 13.2 Å². The predicted molar refractivity (Wildman–Crippen MR) is 62.8 cm³/mol. The van der Waals surface area contributed by atoms with Crippen LogP contribution in [0.4, 0.5) is 0 Å². The molecule has 1 aromatic rings. The van der Waals surface area contributed by atoms with Crippen molar-refractivity contribution in [3.05, 3.63) is 20.8 Å². The van der Waals surface area contributed by atoms with Gasteiger partial charge >= 0.3 is 0 Å². The molecule has 0 aliphatic rings. The van der Waals surface area contributed by atoms with E-state index in [-0.39, 0.29) is 6.10 Å². The molecule has 0 N–H and O–H groups in total. The summed E-state index contributed by atoms with van der Waals surface area (Å²) in [6.45, 7) is 6.04. The van der Waals surface area contributed by atoms with Gasteiger partial charge in [0.2, 0.25) is 0 Å². The van der Waals surface area contributed by atoms with Crippen LogP contribution in [-0.4, -0.2) is 19.3 Å². The largest absolute Gasteiger partial charge is 0.376 e. The lowest BCUT2D eigenvalue weighted by Gasteiger charge is -2.07. The van der Waals surface area contributed by atoms with Crippen LogP contribution in [0.3, 0.4) is 0 Å². The minimum atomic E-state index is 0.284. The van der Waals surface area contributed by atoms with Crippen molar-refractivity contribution in [1.29, 1.82) is 0 Å². The van der Waals surface area contributed by atoms with Crippen LogP contribution in [0.2, 0.25) is 0 Å². The number of rotatable bonds is 6. The van der Waals surface area contributed by atoms with Gasteiger partial charge in [-0.3, -0.25) is 0 Å². The van der Waals surface area contributed by atoms with Crippen molar-refractivity contribution in [3.8, 4) is 0 Å². The van der Waals surface area contributed by atoms with Gasteiger partial charge in [-0.2, -0.15) is 0 Å².